The van der Waals surface area contributed by atoms with Crippen LogP contribution in [0.15, 0.2) is 42.5 Å². The van der Waals surface area contributed by atoms with Gasteiger partial charge < -0.3 is 25.1 Å². The molecule has 7 heterocycles. The molecule has 7 aliphatic rings. The van der Waals surface area contributed by atoms with Crippen molar-refractivity contribution in [1.29, 1.82) is 0 Å². The topological polar surface area (TPSA) is 155 Å². The van der Waals surface area contributed by atoms with Gasteiger partial charge in [-0.25, -0.2) is 8.78 Å². The minimum atomic E-state index is -1.03. The van der Waals surface area contributed by atoms with E-state index in [2.05, 4.69) is 35.5 Å². The molecule has 0 spiro atoms. The van der Waals surface area contributed by atoms with E-state index in [4.69, 9.17) is 0 Å². The Morgan fingerprint density at radius 1 is 0.821 bits per heavy atom. The lowest BCUT2D eigenvalue weighted by Gasteiger charge is -2.46. The van der Waals surface area contributed by atoms with Gasteiger partial charge in [0.05, 0.1) is 28.6 Å². The first-order chi connectivity index (χ1) is 27.1. The summed E-state index contributed by atoms with van der Waals surface area (Å²) in [6.45, 7) is 8.07. The van der Waals surface area contributed by atoms with Gasteiger partial charge in [-0.3, -0.25) is 34.3 Å². The first kappa shape index (κ1) is 35.2. The van der Waals surface area contributed by atoms with Gasteiger partial charge in [0.25, 0.3) is 11.8 Å². The number of hydrogen-bond acceptors (Lipinski definition) is 12. The van der Waals surface area contributed by atoms with Crippen LogP contribution in [0.25, 0.3) is 11.3 Å². The van der Waals surface area contributed by atoms with Crippen molar-refractivity contribution in [2.75, 3.05) is 80.6 Å². The maximum Gasteiger partial charge on any atom is 0.262 e. The molecule has 14 nitrogen and oxygen atoms in total. The Hall–Kier alpha value is -5.22. The number of nitrogens with zero attached hydrogens (tertiary/aromatic N) is 7. The number of phenols is 1. The van der Waals surface area contributed by atoms with Crippen LogP contribution in [-0.2, 0) is 9.59 Å². The lowest BCUT2D eigenvalue weighted by Crippen LogP contribution is -2.58. The van der Waals surface area contributed by atoms with Crippen molar-refractivity contribution in [3.63, 3.8) is 0 Å². The number of piperazine rings is 1. The molecule has 0 bridgehead atoms. The molecule has 1 aromatic heterocycles. The molecule has 4 saturated heterocycles. The second-order valence-electron chi connectivity index (χ2n) is 16.5. The molecule has 1 saturated carbocycles. The lowest BCUT2D eigenvalue weighted by molar-refractivity contribution is -0.136. The van der Waals surface area contributed by atoms with Gasteiger partial charge in [-0.2, -0.15) is 0 Å². The number of carbonyl (C=O) groups is 4. The third-order valence-corrected chi connectivity index (χ3v) is 13.3. The highest BCUT2D eigenvalue weighted by atomic mass is 19.1. The number of anilines is 3. The SMILES string of the molecule is O=C1CCC(N2C(=O)c3ccc(N4CC[C@H](CN5C[C@@H]6[C@H](C5)[C@H]6CN5CCN6c7cc(-c8cc(F)ccc8O)nnc7NC[C@H]6C5)[C@@H](F)C4)cc3C2=O)C(=O)N1. The summed E-state index contributed by atoms with van der Waals surface area (Å²) in [5.74, 6) is -0.109. The summed E-state index contributed by atoms with van der Waals surface area (Å²) in [5, 5.41) is 24.6. The van der Waals surface area contributed by atoms with Gasteiger partial charge in [0.2, 0.25) is 11.8 Å². The van der Waals surface area contributed by atoms with Gasteiger partial charge in [0, 0.05) is 89.0 Å². The first-order valence-corrected chi connectivity index (χ1v) is 19.7. The Balaban J connectivity index is 0.702. The Bertz CT molecular complexity index is 2140. The number of phenolic OH excluding ortho intramolecular Hbond substituents is 1. The number of aromatic hydroxyl groups is 1. The van der Waals surface area contributed by atoms with Crippen LogP contribution < -0.4 is 20.4 Å². The summed E-state index contributed by atoms with van der Waals surface area (Å²) in [4.78, 5) is 60.7. The Morgan fingerprint density at radius 3 is 2.45 bits per heavy atom. The number of nitrogens with one attached hydrogen (secondary N) is 2. The molecule has 3 aromatic rings. The second-order valence-corrected chi connectivity index (χ2v) is 16.5. The number of aromatic nitrogens is 2. The number of imide groups is 2. The van der Waals surface area contributed by atoms with E-state index in [-0.39, 0.29) is 48.2 Å². The van der Waals surface area contributed by atoms with Crippen LogP contribution in [0.4, 0.5) is 26.0 Å². The Labute approximate surface area is 321 Å². The normalized spacial score (nSPS) is 30.1. The van der Waals surface area contributed by atoms with Gasteiger partial charge in [0.15, 0.2) is 5.82 Å². The third-order valence-electron chi connectivity index (χ3n) is 13.3. The number of piperidine rings is 3. The molecular formula is C40H43F2N9O5. The van der Waals surface area contributed by atoms with Crippen LogP contribution in [0.2, 0.25) is 0 Å². The monoisotopic (exact) mass is 767 g/mol. The molecule has 292 valence electrons. The number of hydrogen-bond donors (Lipinski definition) is 3. The molecule has 2 aromatic carbocycles. The number of carbonyl (C=O) groups excluding carboxylic acids is 4. The number of benzene rings is 2. The van der Waals surface area contributed by atoms with Gasteiger partial charge in [-0.05, 0) is 73.1 Å². The fourth-order valence-electron chi connectivity index (χ4n) is 10.2. The summed E-state index contributed by atoms with van der Waals surface area (Å²) in [7, 11) is 0. The summed E-state index contributed by atoms with van der Waals surface area (Å²) < 4.78 is 29.7. The molecule has 56 heavy (non-hydrogen) atoms. The van der Waals surface area contributed by atoms with E-state index in [0.717, 1.165) is 62.9 Å². The average molecular weight is 768 g/mol. The predicted molar refractivity (Wildman–Crippen MR) is 200 cm³/mol. The van der Waals surface area contributed by atoms with Crippen molar-refractivity contribution in [1.82, 2.24) is 30.2 Å². The number of fused-ring (bicyclic) bond motifs is 5. The molecule has 10 rings (SSSR count). The zero-order valence-corrected chi connectivity index (χ0v) is 30.7. The summed E-state index contributed by atoms with van der Waals surface area (Å²) in [6.07, 6.45) is -0.197. The van der Waals surface area contributed by atoms with Crippen molar-refractivity contribution in [2.45, 2.75) is 37.5 Å². The first-order valence-electron chi connectivity index (χ1n) is 19.7. The van der Waals surface area contributed by atoms with Gasteiger partial charge in [-0.15, -0.1) is 10.2 Å². The molecule has 6 aliphatic heterocycles. The maximum atomic E-state index is 15.8. The van der Waals surface area contributed by atoms with Crippen LogP contribution in [0.1, 0.15) is 40.0 Å². The summed E-state index contributed by atoms with van der Waals surface area (Å²) in [5.41, 5.74) is 2.77. The second kappa shape index (κ2) is 13.5. The van der Waals surface area contributed by atoms with E-state index in [1.165, 1.54) is 18.2 Å². The highest BCUT2D eigenvalue weighted by molar-refractivity contribution is 6.23. The van der Waals surface area contributed by atoms with E-state index in [0.29, 0.717) is 53.5 Å². The standard InChI is InChI=1S/C40H43F2N9O5/c41-22-1-5-35(52)27(11-22)32-13-34-37(46-45-32)43-14-24-16-47(9-10-50(24)34)17-28-29-18-48(19-30(28)29)15-21-7-8-49(20-31(21)42)23-2-3-25-26(12-23)40(56)51(39(25)55)33-4-6-36(53)44-38(33)54/h1-3,5,11-13,21,24,28-31,33,52H,4,6-10,14-20H2,(H,43,46)(H,44,53,54)/t21-,24+,28-,29-,30+,31+,33?/m1/s1. The van der Waals surface area contributed by atoms with E-state index < -0.39 is 41.7 Å². The van der Waals surface area contributed by atoms with Crippen LogP contribution in [0.3, 0.4) is 0 Å². The quantitative estimate of drug-likeness (QED) is 0.303. The summed E-state index contributed by atoms with van der Waals surface area (Å²) in [6, 6.07) is 9.91. The number of alkyl halides is 1. The van der Waals surface area contributed by atoms with Crippen LogP contribution >= 0.6 is 0 Å². The lowest BCUT2D eigenvalue weighted by atomic mass is 9.93. The predicted octanol–water partition coefficient (Wildman–Crippen LogP) is 2.35. The van der Waals surface area contributed by atoms with Crippen molar-refractivity contribution in [2.24, 2.45) is 23.7 Å². The third kappa shape index (κ3) is 6.04. The van der Waals surface area contributed by atoms with Crippen molar-refractivity contribution < 1.29 is 33.1 Å². The van der Waals surface area contributed by atoms with Crippen LogP contribution in [-0.4, -0.2) is 137 Å². The molecule has 1 unspecified atom stereocenters. The molecule has 0 radical (unpaired) electrons. The number of likely N-dealkylation sites (tertiary alicyclic amines) is 1. The molecule has 16 heteroatoms. The minimum absolute atomic E-state index is 0.0380. The minimum Gasteiger partial charge on any atom is -0.507 e. The largest absolute Gasteiger partial charge is 0.507 e. The molecule has 5 fully saturated rings. The van der Waals surface area contributed by atoms with Crippen molar-refractivity contribution in [3.05, 3.63) is 59.4 Å². The molecule has 3 N–H and O–H groups in total. The Morgan fingerprint density at radius 2 is 1.64 bits per heavy atom. The van der Waals surface area contributed by atoms with E-state index in [9.17, 15) is 28.7 Å². The zero-order chi connectivity index (χ0) is 38.4. The Kier molecular flexibility index (Phi) is 8.47. The van der Waals surface area contributed by atoms with Crippen LogP contribution in [0, 0.1) is 29.5 Å². The highest BCUT2D eigenvalue weighted by Crippen LogP contribution is 2.52. The average Bonchev–Trinajstić information content (AvgIpc) is 3.50. The van der Waals surface area contributed by atoms with Gasteiger partial charge >= 0.3 is 0 Å². The van der Waals surface area contributed by atoms with Crippen LogP contribution in [0.5, 0.6) is 5.75 Å². The van der Waals surface area contributed by atoms with Gasteiger partial charge in [-0.1, -0.05) is 0 Å². The highest BCUT2D eigenvalue weighted by Gasteiger charge is 2.56. The smallest absolute Gasteiger partial charge is 0.262 e. The fraction of sp³-hybridized carbons (Fsp3) is 0.500. The van der Waals surface area contributed by atoms with Gasteiger partial charge in [0.1, 0.15) is 23.8 Å². The molecule has 4 amide bonds. The maximum absolute atomic E-state index is 15.8. The fourth-order valence-corrected chi connectivity index (χ4v) is 10.2. The molecule has 7 atom stereocenters. The van der Waals surface area contributed by atoms with Crippen molar-refractivity contribution in [3.8, 4) is 17.0 Å². The summed E-state index contributed by atoms with van der Waals surface area (Å²) >= 11 is 0. The zero-order valence-electron chi connectivity index (χ0n) is 30.7. The molecular weight excluding hydrogens is 724 g/mol. The van der Waals surface area contributed by atoms with E-state index in [1.54, 1.807) is 18.2 Å². The number of rotatable bonds is 7. The number of amides is 4. The van der Waals surface area contributed by atoms with E-state index >= 15 is 4.39 Å². The van der Waals surface area contributed by atoms with Crippen molar-refractivity contribution >= 4 is 40.8 Å². The number of halogens is 2. The van der Waals surface area contributed by atoms with E-state index in [1.807, 2.05) is 11.0 Å². The molecule has 1 aliphatic carbocycles.